The van der Waals surface area contributed by atoms with Crippen molar-refractivity contribution in [2.75, 3.05) is 5.73 Å². The molecule has 1 aromatic carbocycles. The number of rotatable bonds is 2. The van der Waals surface area contributed by atoms with Gasteiger partial charge in [0.1, 0.15) is 5.82 Å². The van der Waals surface area contributed by atoms with Gasteiger partial charge in [0.25, 0.3) is 0 Å². The van der Waals surface area contributed by atoms with Gasteiger partial charge in [0.2, 0.25) is 0 Å². The molecule has 19 heavy (non-hydrogen) atoms. The van der Waals surface area contributed by atoms with Crippen molar-refractivity contribution in [2.45, 2.75) is 20.3 Å². The molecule has 98 valence electrons. The summed E-state index contributed by atoms with van der Waals surface area (Å²) in [7, 11) is 1.93. The highest BCUT2D eigenvalue weighted by Crippen LogP contribution is 2.25. The Labute approximate surface area is 111 Å². The van der Waals surface area contributed by atoms with Crippen LogP contribution in [0.5, 0.6) is 0 Å². The smallest absolute Gasteiger partial charge is 0.114 e. The Kier molecular flexibility index (Phi) is 2.55. The summed E-state index contributed by atoms with van der Waals surface area (Å²) in [5.41, 5.74) is 10.6. The van der Waals surface area contributed by atoms with Gasteiger partial charge in [-0.2, -0.15) is 5.10 Å². The van der Waals surface area contributed by atoms with Crippen LogP contribution in [0.15, 0.2) is 24.4 Å². The predicted octanol–water partition coefficient (Wildman–Crippen LogP) is 2.21. The van der Waals surface area contributed by atoms with Crippen LogP contribution in [-0.2, 0) is 13.5 Å². The summed E-state index contributed by atoms with van der Waals surface area (Å²) in [4.78, 5) is 4.66. The standard InChI is InChI=1S/C14H17N5/c1-4-14-16-11-7-10(15)5-6-12(11)19(14)13-8-18(3)17-9(13)2/h5-8H,4,15H2,1-3H3. The lowest BCUT2D eigenvalue weighted by Gasteiger charge is -2.06. The van der Waals surface area contributed by atoms with Crippen molar-refractivity contribution in [2.24, 2.45) is 7.05 Å². The van der Waals surface area contributed by atoms with Crippen molar-refractivity contribution < 1.29 is 0 Å². The van der Waals surface area contributed by atoms with E-state index in [-0.39, 0.29) is 0 Å². The van der Waals surface area contributed by atoms with Gasteiger partial charge in [-0.15, -0.1) is 0 Å². The highest BCUT2D eigenvalue weighted by Gasteiger charge is 2.14. The zero-order valence-corrected chi connectivity index (χ0v) is 11.4. The average Bonchev–Trinajstić information content (AvgIpc) is 2.88. The maximum Gasteiger partial charge on any atom is 0.114 e. The summed E-state index contributed by atoms with van der Waals surface area (Å²) in [6.07, 6.45) is 2.88. The van der Waals surface area contributed by atoms with E-state index in [2.05, 4.69) is 21.6 Å². The SMILES string of the molecule is CCc1nc2cc(N)ccc2n1-c1cn(C)nc1C. The lowest BCUT2D eigenvalue weighted by molar-refractivity contribution is 0.756. The van der Waals surface area contributed by atoms with Gasteiger partial charge >= 0.3 is 0 Å². The molecule has 0 aliphatic carbocycles. The normalized spacial score (nSPS) is 11.3. The van der Waals surface area contributed by atoms with Crippen molar-refractivity contribution in [1.29, 1.82) is 0 Å². The topological polar surface area (TPSA) is 61.7 Å². The average molecular weight is 255 g/mol. The van der Waals surface area contributed by atoms with Crippen molar-refractivity contribution in [3.8, 4) is 5.69 Å². The molecule has 0 fully saturated rings. The number of nitrogens with zero attached hydrogens (tertiary/aromatic N) is 4. The van der Waals surface area contributed by atoms with E-state index in [1.807, 2.05) is 43.0 Å². The van der Waals surface area contributed by atoms with E-state index in [9.17, 15) is 0 Å². The zero-order valence-electron chi connectivity index (χ0n) is 11.4. The summed E-state index contributed by atoms with van der Waals surface area (Å²) >= 11 is 0. The van der Waals surface area contributed by atoms with Crippen LogP contribution in [0.3, 0.4) is 0 Å². The molecule has 2 heterocycles. The van der Waals surface area contributed by atoms with Crippen LogP contribution in [0.4, 0.5) is 5.69 Å². The lowest BCUT2D eigenvalue weighted by Crippen LogP contribution is -2.00. The number of nitrogens with two attached hydrogens (primary N) is 1. The Morgan fingerprint density at radius 3 is 2.74 bits per heavy atom. The third-order valence-electron chi connectivity index (χ3n) is 3.29. The van der Waals surface area contributed by atoms with Gasteiger partial charge < -0.3 is 5.73 Å². The second-order valence-electron chi connectivity index (χ2n) is 4.74. The zero-order chi connectivity index (χ0) is 13.6. The summed E-state index contributed by atoms with van der Waals surface area (Å²) < 4.78 is 3.99. The first-order valence-electron chi connectivity index (χ1n) is 6.37. The quantitative estimate of drug-likeness (QED) is 0.714. The monoisotopic (exact) mass is 255 g/mol. The van der Waals surface area contributed by atoms with Crippen molar-refractivity contribution in [3.05, 3.63) is 35.9 Å². The maximum absolute atomic E-state index is 5.83. The molecule has 3 rings (SSSR count). The molecule has 0 radical (unpaired) electrons. The van der Waals surface area contributed by atoms with Gasteiger partial charge in [-0.1, -0.05) is 6.92 Å². The molecule has 0 aliphatic heterocycles. The molecule has 0 unspecified atom stereocenters. The largest absolute Gasteiger partial charge is 0.399 e. The number of anilines is 1. The van der Waals surface area contributed by atoms with Gasteiger partial charge in [-0.05, 0) is 25.1 Å². The molecule has 3 aromatic rings. The van der Waals surface area contributed by atoms with Crippen LogP contribution in [0.2, 0.25) is 0 Å². The Morgan fingerprint density at radius 1 is 1.32 bits per heavy atom. The number of imidazole rings is 1. The van der Waals surface area contributed by atoms with E-state index in [1.54, 1.807) is 0 Å². The van der Waals surface area contributed by atoms with Crippen LogP contribution in [0.1, 0.15) is 18.4 Å². The van der Waals surface area contributed by atoms with E-state index in [4.69, 9.17) is 5.73 Å². The summed E-state index contributed by atoms with van der Waals surface area (Å²) in [5, 5.41) is 4.41. The Hall–Kier alpha value is -2.30. The van der Waals surface area contributed by atoms with Crippen LogP contribution in [-0.4, -0.2) is 19.3 Å². The number of fused-ring (bicyclic) bond motifs is 1. The fourth-order valence-electron chi connectivity index (χ4n) is 2.46. The molecule has 0 aliphatic rings. The maximum atomic E-state index is 5.83. The fourth-order valence-corrected chi connectivity index (χ4v) is 2.46. The number of hydrogen-bond donors (Lipinski definition) is 1. The van der Waals surface area contributed by atoms with E-state index in [0.29, 0.717) is 0 Å². The number of nitrogen functional groups attached to an aromatic ring is 1. The molecule has 2 aromatic heterocycles. The highest BCUT2D eigenvalue weighted by molar-refractivity contribution is 5.81. The Balaban J connectivity index is 2.35. The van der Waals surface area contributed by atoms with Crippen molar-refractivity contribution >= 4 is 16.7 Å². The molecule has 0 saturated carbocycles. The third-order valence-corrected chi connectivity index (χ3v) is 3.29. The first-order chi connectivity index (χ1) is 9.10. The van der Waals surface area contributed by atoms with Crippen LogP contribution < -0.4 is 5.73 Å². The molecule has 5 heteroatoms. The predicted molar refractivity (Wildman–Crippen MR) is 76.4 cm³/mol. The minimum atomic E-state index is 0.739. The number of aryl methyl sites for hydroxylation is 3. The van der Waals surface area contributed by atoms with Gasteiger partial charge in [0.05, 0.1) is 22.4 Å². The molecule has 0 bridgehead atoms. The van der Waals surface area contributed by atoms with E-state index < -0.39 is 0 Å². The molecule has 0 saturated heterocycles. The summed E-state index contributed by atoms with van der Waals surface area (Å²) in [6.45, 7) is 4.12. The molecule has 0 amide bonds. The van der Waals surface area contributed by atoms with Gasteiger partial charge in [-0.25, -0.2) is 4.98 Å². The second-order valence-corrected chi connectivity index (χ2v) is 4.74. The van der Waals surface area contributed by atoms with Crippen LogP contribution in [0, 0.1) is 6.92 Å². The first kappa shape index (κ1) is 11.8. The summed E-state index contributed by atoms with van der Waals surface area (Å²) in [5.74, 6) is 1.02. The van der Waals surface area contributed by atoms with Gasteiger partial charge in [0, 0.05) is 25.4 Å². The molecule has 2 N–H and O–H groups in total. The molecule has 5 nitrogen and oxygen atoms in total. The molecule has 0 atom stereocenters. The van der Waals surface area contributed by atoms with E-state index >= 15 is 0 Å². The van der Waals surface area contributed by atoms with Crippen molar-refractivity contribution in [1.82, 2.24) is 19.3 Å². The van der Waals surface area contributed by atoms with E-state index in [1.165, 1.54) is 0 Å². The van der Waals surface area contributed by atoms with E-state index in [0.717, 1.165) is 40.3 Å². The summed E-state index contributed by atoms with van der Waals surface area (Å²) in [6, 6.07) is 5.84. The molecular formula is C14H17N5. The minimum absolute atomic E-state index is 0.739. The third kappa shape index (κ3) is 1.78. The fraction of sp³-hybridized carbons (Fsp3) is 0.286. The first-order valence-corrected chi connectivity index (χ1v) is 6.37. The number of benzene rings is 1. The van der Waals surface area contributed by atoms with Crippen molar-refractivity contribution in [3.63, 3.8) is 0 Å². The lowest BCUT2D eigenvalue weighted by atomic mass is 10.2. The number of aromatic nitrogens is 4. The van der Waals surface area contributed by atoms with Gasteiger partial charge in [-0.3, -0.25) is 9.25 Å². The Bertz CT molecular complexity index is 751. The molecule has 0 spiro atoms. The molecular weight excluding hydrogens is 238 g/mol. The van der Waals surface area contributed by atoms with Gasteiger partial charge in [0.15, 0.2) is 0 Å². The number of hydrogen-bond acceptors (Lipinski definition) is 3. The minimum Gasteiger partial charge on any atom is -0.399 e. The second kappa shape index (κ2) is 4.12. The van der Waals surface area contributed by atoms with Crippen LogP contribution in [0.25, 0.3) is 16.7 Å². The van der Waals surface area contributed by atoms with Crippen LogP contribution >= 0.6 is 0 Å². The Morgan fingerprint density at radius 2 is 2.11 bits per heavy atom. The highest BCUT2D eigenvalue weighted by atomic mass is 15.3.